The molecule has 0 unspecified atom stereocenters. The van der Waals surface area contributed by atoms with Gasteiger partial charge in [0.2, 0.25) is 10.0 Å². The number of esters is 1. The lowest BCUT2D eigenvalue weighted by Gasteiger charge is -2.08. The first-order valence-corrected chi connectivity index (χ1v) is 11.6. The number of ether oxygens (including phenoxy) is 1. The number of rotatable bonds is 9. The van der Waals surface area contributed by atoms with Crippen molar-refractivity contribution in [1.82, 2.24) is 14.5 Å². The van der Waals surface area contributed by atoms with Crippen molar-refractivity contribution >= 4 is 33.7 Å². The first-order valence-electron chi connectivity index (χ1n) is 10.0. The fourth-order valence-electron chi connectivity index (χ4n) is 2.96. The summed E-state index contributed by atoms with van der Waals surface area (Å²) >= 11 is 0. The highest BCUT2D eigenvalue weighted by molar-refractivity contribution is 7.92. The molecule has 2 aromatic carbocycles. The SMILES string of the molecule is Cc1nn(-c2ccccc2)c(C)c1NC(=O)COC(=O)CNS(=O)(=O)/C=C/c1ccccc1. The number of nitrogens with one attached hydrogen (secondary N) is 2. The predicted molar refractivity (Wildman–Crippen MR) is 125 cm³/mol. The minimum absolute atomic E-state index is 0.520. The molecule has 2 N–H and O–H groups in total. The molecule has 0 saturated carbocycles. The molecule has 0 atom stereocenters. The van der Waals surface area contributed by atoms with Gasteiger partial charge in [-0.2, -0.15) is 5.10 Å². The van der Waals surface area contributed by atoms with E-state index in [4.69, 9.17) is 4.74 Å². The molecule has 3 rings (SSSR count). The van der Waals surface area contributed by atoms with Crippen LogP contribution < -0.4 is 10.0 Å². The van der Waals surface area contributed by atoms with Crippen molar-refractivity contribution in [2.24, 2.45) is 0 Å². The van der Waals surface area contributed by atoms with E-state index < -0.39 is 35.1 Å². The number of carbonyl (C=O) groups is 2. The maximum Gasteiger partial charge on any atom is 0.321 e. The van der Waals surface area contributed by atoms with Gasteiger partial charge in [0.1, 0.15) is 6.54 Å². The van der Waals surface area contributed by atoms with Crippen molar-refractivity contribution in [3.8, 4) is 5.69 Å². The van der Waals surface area contributed by atoms with Crippen LogP contribution in [0.4, 0.5) is 5.69 Å². The largest absolute Gasteiger partial charge is 0.455 e. The highest BCUT2D eigenvalue weighted by atomic mass is 32.2. The number of carbonyl (C=O) groups excluding carboxylic acids is 2. The molecule has 33 heavy (non-hydrogen) atoms. The molecule has 0 spiro atoms. The molecule has 9 nitrogen and oxygen atoms in total. The molecule has 0 saturated heterocycles. The van der Waals surface area contributed by atoms with Crippen LogP contribution >= 0.6 is 0 Å². The number of aromatic nitrogens is 2. The molecule has 0 fully saturated rings. The maximum absolute atomic E-state index is 12.3. The highest BCUT2D eigenvalue weighted by Gasteiger charge is 2.17. The second-order valence-electron chi connectivity index (χ2n) is 7.08. The van der Waals surface area contributed by atoms with Gasteiger partial charge in [-0.15, -0.1) is 0 Å². The molecule has 1 amide bonds. The van der Waals surface area contributed by atoms with Gasteiger partial charge in [0.25, 0.3) is 5.91 Å². The van der Waals surface area contributed by atoms with E-state index in [1.165, 1.54) is 6.08 Å². The first kappa shape index (κ1) is 23.9. The quantitative estimate of drug-likeness (QED) is 0.466. The number of benzene rings is 2. The van der Waals surface area contributed by atoms with Crippen LogP contribution in [-0.2, 0) is 24.3 Å². The normalized spacial score (nSPS) is 11.5. The van der Waals surface area contributed by atoms with Crippen LogP contribution in [0.5, 0.6) is 0 Å². The Balaban J connectivity index is 1.49. The third-order valence-electron chi connectivity index (χ3n) is 4.58. The number of amides is 1. The van der Waals surface area contributed by atoms with Gasteiger partial charge in [-0.1, -0.05) is 48.5 Å². The fourth-order valence-corrected chi connectivity index (χ4v) is 3.71. The Morgan fingerprint density at radius 2 is 1.67 bits per heavy atom. The Labute approximate surface area is 192 Å². The van der Waals surface area contributed by atoms with Gasteiger partial charge in [-0.25, -0.2) is 17.8 Å². The number of hydrogen-bond donors (Lipinski definition) is 2. The number of aryl methyl sites for hydroxylation is 1. The summed E-state index contributed by atoms with van der Waals surface area (Å²) < 4.78 is 32.7. The molecule has 0 aliphatic carbocycles. The standard InChI is InChI=1S/C23H24N4O5S/c1-17-23(18(2)27(26-17)20-11-7-4-8-12-20)25-21(28)16-32-22(29)15-24-33(30,31)14-13-19-9-5-3-6-10-19/h3-14,24H,15-16H2,1-2H3,(H,25,28)/b14-13+. The van der Waals surface area contributed by atoms with Crippen molar-refractivity contribution in [1.29, 1.82) is 0 Å². The summed E-state index contributed by atoms with van der Waals surface area (Å²) in [6, 6.07) is 18.3. The topological polar surface area (TPSA) is 119 Å². The molecular formula is C23H24N4O5S. The zero-order valence-electron chi connectivity index (χ0n) is 18.2. The van der Waals surface area contributed by atoms with E-state index in [2.05, 4.69) is 15.1 Å². The second kappa shape index (κ2) is 10.7. The molecule has 10 heteroatoms. The Morgan fingerprint density at radius 1 is 1.03 bits per heavy atom. The zero-order valence-corrected chi connectivity index (χ0v) is 19.0. The Morgan fingerprint density at radius 3 is 2.33 bits per heavy atom. The van der Waals surface area contributed by atoms with E-state index in [0.717, 1.165) is 16.8 Å². The minimum Gasteiger partial charge on any atom is -0.455 e. The summed E-state index contributed by atoms with van der Waals surface area (Å²) in [5.41, 5.74) is 3.39. The van der Waals surface area contributed by atoms with E-state index in [-0.39, 0.29) is 0 Å². The van der Waals surface area contributed by atoms with Crippen molar-refractivity contribution < 1.29 is 22.7 Å². The molecular weight excluding hydrogens is 444 g/mol. The summed E-state index contributed by atoms with van der Waals surface area (Å²) in [6.07, 6.45) is 1.40. The Kier molecular flexibility index (Phi) is 7.75. The highest BCUT2D eigenvalue weighted by Crippen LogP contribution is 2.22. The lowest BCUT2D eigenvalue weighted by atomic mass is 10.2. The van der Waals surface area contributed by atoms with Crippen LogP contribution in [0.3, 0.4) is 0 Å². The molecule has 172 valence electrons. The van der Waals surface area contributed by atoms with Gasteiger partial charge in [-0.05, 0) is 37.6 Å². The molecule has 0 radical (unpaired) electrons. The van der Waals surface area contributed by atoms with E-state index >= 15 is 0 Å². The summed E-state index contributed by atoms with van der Waals surface area (Å²) in [7, 11) is -3.84. The number of hydrogen-bond acceptors (Lipinski definition) is 6. The minimum atomic E-state index is -3.84. The van der Waals surface area contributed by atoms with Crippen molar-refractivity contribution in [2.45, 2.75) is 13.8 Å². The first-order chi connectivity index (χ1) is 15.7. The lowest BCUT2D eigenvalue weighted by Crippen LogP contribution is -2.31. The average molecular weight is 469 g/mol. The van der Waals surface area contributed by atoms with Crippen LogP contribution in [0.15, 0.2) is 66.1 Å². The third kappa shape index (κ3) is 6.86. The average Bonchev–Trinajstić information content (AvgIpc) is 3.10. The van der Waals surface area contributed by atoms with Crippen LogP contribution in [0.2, 0.25) is 0 Å². The van der Waals surface area contributed by atoms with E-state index in [1.54, 1.807) is 35.9 Å². The molecule has 1 aromatic heterocycles. The predicted octanol–water partition coefficient (Wildman–Crippen LogP) is 2.56. The second-order valence-corrected chi connectivity index (χ2v) is 8.73. The Hall–Kier alpha value is -3.76. The third-order valence-corrected chi connectivity index (χ3v) is 5.62. The maximum atomic E-state index is 12.3. The molecule has 0 bridgehead atoms. The van der Waals surface area contributed by atoms with Gasteiger partial charge in [0, 0.05) is 5.41 Å². The van der Waals surface area contributed by atoms with Gasteiger partial charge in [0.15, 0.2) is 6.61 Å². The summed E-state index contributed by atoms with van der Waals surface area (Å²) in [5, 5.41) is 8.08. The zero-order chi connectivity index (χ0) is 23.8. The number of anilines is 1. The molecule has 0 aliphatic heterocycles. The molecule has 1 heterocycles. The summed E-state index contributed by atoms with van der Waals surface area (Å²) in [6.45, 7) is 2.41. The van der Waals surface area contributed by atoms with Crippen molar-refractivity contribution in [3.63, 3.8) is 0 Å². The van der Waals surface area contributed by atoms with Gasteiger partial charge in [0.05, 0.1) is 22.8 Å². The Bertz CT molecular complexity index is 1250. The monoisotopic (exact) mass is 468 g/mol. The van der Waals surface area contributed by atoms with Gasteiger partial charge < -0.3 is 10.1 Å². The van der Waals surface area contributed by atoms with Crippen LogP contribution in [0.25, 0.3) is 11.8 Å². The van der Waals surface area contributed by atoms with E-state index in [1.807, 2.05) is 43.3 Å². The number of nitrogens with zero attached hydrogens (tertiary/aromatic N) is 2. The van der Waals surface area contributed by atoms with Gasteiger partial charge >= 0.3 is 5.97 Å². The summed E-state index contributed by atoms with van der Waals surface area (Å²) in [5.74, 6) is -1.44. The van der Waals surface area contributed by atoms with E-state index in [9.17, 15) is 18.0 Å². The van der Waals surface area contributed by atoms with Crippen molar-refractivity contribution in [3.05, 3.63) is 83.0 Å². The summed E-state index contributed by atoms with van der Waals surface area (Å²) in [4.78, 5) is 24.1. The van der Waals surface area contributed by atoms with Crippen molar-refractivity contribution in [2.75, 3.05) is 18.5 Å². The number of sulfonamides is 1. The number of para-hydroxylation sites is 1. The van der Waals surface area contributed by atoms with Crippen LogP contribution in [-0.4, -0.2) is 43.2 Å². The smallest absolute Gasteiger partial charge is 0.321 e. The molecule has 0 aliphatic rings. The van der Waals surface area contributed by atoms with Crippen LogP contribution in [0.1, 0.15) is 17.0 Å². The lowest BCUT2D eigenvalue weighted by molar-refractivity contribution is -0.146. The van der Waals surface area contributed by atoms with Crippen LogP contribution in [0, 0.1) is 13.8 Å². The molecule has 3 aromatic rings. The fraction of sp³-hybridized carbons (Fsp3) is 0.174. The van der Waals surface area contributed by atoms with E-state index in [0.29, 0.717) is 16.9 Å². The van der Waals surface area contributed by atoms with Gasteiger partial charge in [-0.3, -0.25) is 9.59 Å².